The zero-order valence-corrected chi connectivity index (χ0v) is 13.6. The minimum Gasteiger partial charge on any atom is -0.312 e. The third-order valence-electron chi connectivity index (χ3n) is 4.43. The van der Waals surface area contributed by atoms with Crippen molar-refractivity contribution in [1.82, 2.24) is 10.2 Å². The molecule has 2 atom stereocenters. The fraction of sp³-hybridized carbons (Fsp3) is 1.00. The van der Waals surface area contributed by atoms with Gasteiger partial charge in [-0.15, -0.1) is 0 Å². The maximum Gasteiger partial charge on any atom is 0.0243 e. The van der Waals surface area contributed by atoms with Crippen molar-refractivity contribution in [3.8, 4) is 0 Å². The van der Waals surface area contributed by atoms with Gasteiger partial charge in [-0.25, -0.2) is 0 Å². The molecule has 0 bridgehead atoms. The summed E-state index contributed by atoms with van der Waals surface area (Å²) in [5.41, 5.74) is 0.806. The molecule has 1 fully saturated rings. The second kappa shape index (κ2) is 5.92. The molecule has 0 spiro atoms. The van der Waals surface area contributed by atoms with E-state index < -0.39 is 0 Å². The van der Waals surface area contributed by atoms with Crippen LogP contribution in [0, 0.1) is 16.7 Å². The SMILES string of the molecule is CCNC(CN1CCC(C(C)(C)C)C1)C(C)(C)C. The van der Waals surface area contributed by atoms with Gasteiger partial charge in [0.1, 0.15) is 0 Å². The van der Waals surface area contributed by atoms with Crippen molar-refractivity contribution in [3.05, 3.63) is 0 Å². The third kappa shape index (κ3) is 4.55. The van der Waals surface area contributed by atoms with Crippen molar-refractivity contribution in [1.29, 1.82) is 0 Å². The Morgan fingerprint density at radius 2 is 1.78 bits per heavy atom. The zero-order chi connectivity index (χ0) is 14.0. The summed E-state index contributed by atoms with van der Waals surface area (Å²) >= 11 is 0. The van der Waals surface area contributed by atoms with Crippen LogP contribution in [-0.4, -0.2) is 37.1 Å². The van der Waals surface area contributed by atoms with E-state index in [9.17, 15) is 0 Å². The molecule has 2 heteroatoms. The summed E-state index contributed by atoms with van der Waals surface area (Å²) in [5, 5.41) is 3.66. The number of likely N-dealkylation sites (N-methyl/N-ethyl adjacent to an activating group) is 1. The second-order valence-electron chi connectivity index (χ2n) is 8.09. The maximum atomic E-state index is 3.66. The first-order chi connectivity index (χ1) is 8.14. The highest BCUT2D eigenvalue weighted by atomic mass is 15.2. The molecule has 1 saturated heterocycles. The largest absolute Gasteiger partial charge is 0.312 e. The lowest BCUT2D eigenvalue weighted by Crippen LogP contribution is -2.48. The molecule has 0 radical (unpaired) electrons. The monoisotopic (exact) mass is 254 g/mol. The first-order valence-electron chi connectivity index (χ1n) is 7.60. The Balaban J connectivity index is 2.52. The summed E-state index contributed by atoms with van der Waals surface area (Å²) in [6.45, 7) is 21.2. The van der Waals surface area contributed by atoms with Gasteiger partial charge in [-0.2, -0.15) is 0 Å². The Labute approximate surface area is 115 Å². The lowest BCUT2D eigenvalue weighted by molar-refractivity contribution is 0.177. The van der Waals surface area contributed by atoms with Gasteiger partial charge in [0.15, 0.2) is 0 Å². The van der Waals surface area contributed by atoms with Crippen LogP contribution in [0.5, 0.6) is 0 Å². The molecule has 108 valence electrons. The van der Waals surface area contributed by atoms with E-state index in [1.807, 2.05) is 0 Å². The van der Waals surface area contributed by atoms with E-state index in [-0.39, 0.29) is 0 Å². The van der Waals surface area contributed by atoms with Crippen molar-refractivity contribution >= 4 is 0 Å². The molecule has 1 heterocycles. The average molecular weight is 254 g/mol. The first-order valence-corrected chi connectivity index (χ1v) is 7.60. The minimum atomic E-state index is 0.343. The van der Waals surface area contributed by atoms with Crippen LogP contribution in [0.15, 0.2) is 0 Å². The van der Waals surface area contributed by atoms with E-state index in [4.69, 9.17) is 0 Å². The number of rotatable bonds is 4. The van der Waals surface area contributed by atoms with Gasteiger partial charge in [0, 0.05) is 19.1 Å². The third-order valence-corrected chi connectivity index (χ3v) is 4.43. The van der Waals surface area contributed by atoms with Crippen LogP contribution in [0.1, 0.15) is 54.9 Å². The number of hydrogen-bond acceptors (Lipinski definition) is 2. The average Bonchev–Trinajstić information content (AvgIpc) is 2.63. The molecule has 18 heavy (non-hydrogen) atoms. The normalized spacial score (nSPS) is 24.5. The number of nitrogens with one attached hydrogen (secondary N) is 1. The second-order valence-corrected chi connectivity index (χ2v) is 8.09. The van der Waals surface area contributed by atoms with Gasteiger partial charge in [0.05, 0.1) is 0 Å². The van der Waals surface area contributed by atoms with Gasteiger partial charge in [0.25, 0.3) is 0 Å². The lowest BCUT2D eigenvalue weighted by atomic mass is 9.80. The van der Waals surface area contributed by atoms with Crippen molar-refractivity contribution in [3.63, 3.8) is 0 Å². The maximum absolute atomic E-state index is 3.66. The van der Waals surface area contributed by atoms with E-state index in [2.05, 4.69) is 58.7 Å². The van der Waals surface area contributed by atoms with E-state index in [1.54, 1.807) is 0 Å². The van der Waals surface area contributed by atoms with Crippen LogP contribution >= 0.6 is 0 Å². The summed E-state index contributed by atoms with van der Waals surface area (Å²) in [5.74, 6) is 0.861. The molecular weight excluding hydrogens is 220 g/mol. The number of likely N-dealkylation sites (tertiary alicyclic amines) is 1. The number of nitrogens with zero attached hydrogens (tertiary/aromatic N) is 1. The van der Waals surface area contributed by atoms with Crippen LogP contribution in [0.25, 0.3) is 0 Å². The van der Waals surface area contributed by atoms with Crippen LogP contribution in [0.4, 0.5) is 0 Å². The number of hydrogen-bond donors (Lipinski definition) is 1. The highest BCUT2D eigenvalue weighted by Crippen LogP contribution is 2.34. The van der Waals surface area contributed by atoms with Crippen molar-refractivity contribution in [2.45, 2.75) is 60.9 Å². The van der Waals surface area contributed by atoms with Gasteiger partial charge in [-0.1, -0.05) is 48.5 Å². The van der Waals surface area contributed by atoms with Gasteiger partial charge in [0.2, 0.25) is 0 Å². The van der Waals surface area contributed by atoms with Crippen LogP contribution in [0.2, 0.25) is 0 Å². The lowest BCUT2D eigenvalue weighted by Gasteiger charge is -2.35. The Bertz CT molecular complexity index is 247. The summed E-state index contributed by atoms with van der Waals surface area (Å²) in [6, 6.07) is 0.598. The van der Waals surface area contributed by atoms with E-state index in [1.165, 1.54) is 26.1 Å². The van der Waals surface area contributed by atoms with Crippen molar-refractivity contribution < 1.29 is 0 Å². The fourth-order valence-corrected chi connectivity index (χ4v) is 2.85. The molecule has 0 aromatic heterocycles. The molecule has 2 nitrogen and oxygen atoms in total. The molecule has 2 unspecified atom stereocenters. The van der Waals surface area contributed by atoms with E-state index in [0.717, 1.165) is 12.5 Å². The topological polar surface area (TPSA) is 15.3 Å². The standard InChI is InChI=1S/C16H34N2/c1-8-17-14(16(5,6)7)12-18-10-9-13(11-18)15(2,3)4/h13-14,17H,8-12H2,1-7H3. The Hall–Kier alpha value is -0.0800. The Kier molecular flexibility index (Phi) is 5.25. The predicted molar refractivity (Wildman–Crippen MR) is 80.9 cm³/mol. The molecule has 1 aliphatic rings. The molecule has 1 aliphatic heterocycles. The Morgan fingerprint density at radius 3 is 2.17 bits per heavy atom. The van der Waals surface area contributed by atoms with Gasteiger partial charge in [-0.3, -0.25) is 0 Å². The van der Waals surface area contributed by atoms with Gasteiger partial charge >= 0.3 is 0 Å². The summed E-state index contributed by atoms with van der Waals surface area (Å²) in [4.78, 5) is 2.66. The summed E-state index contributed by atoms with van der Waals surface area (Å²) in [7, 11) is 0. The van der Waals surface area contributed by atoms with Crippen LogP contribution in [0.3, 0.4) is 0 Å². The Morgan fingerprint density at radius 1 is 1.17 bits per heavy atom. The summed E-state index contributed by atoms with van der Waals surface area (Å²) < 4.78 is 0. The van der Waals surface area contributed by atoms with Crippen LogP contribution < -0.4 is 5.32 Å². The highest BCUT2D eigenvalue weighted by molar-refractivity contribution is 4.89. The fourth-order valence-electron chi connectivity index (χ4n) is 2.85. The molecule has 0 aromatic carbocycles. The smallest absolute Gasteiger partial charge is 0.0243 e. The highest BCUT2D eigenvalue weighted by Gasteiger charge is 2.34. The first kappa shape index (κ1) is 16.0. The molecule has 1 rings (SSSR count). The van der Waals surface area contributed by atoms with Crippen molar-refractivity contribution in [2.75, 3.05) is 26.2 Å². The van der Waals surface area contributed by atoms with Crippen LogP contribution in [-0.2, 0) is 0 Å². The molecule has 0 amide bonds. The zero-order valence-electron chi connectivity index (χ0n) is 13.6. The quantitative estimate of drug-likeness (QED) is 0.827. The van der Waals surface area contributed by atoms with E-state index >= 15 is 0 Å². The van der Waals surface area contributed by atoms with E-state index in [0.29, 0.717) is 16.9 Å². The van der Waals surface area contributed by atoms with Gasteiger partial charge < -0.3 is 10.2 Å². The van der Waals surface area contributed by atoms with Crippen molar-refractivity contribution in [2.24, 2.45) is 16.7 Å². The molecule has 1 N–H and O–H groups in total. The predicted octanol–water partition coefficient (Wildman–Crippen LogP) is 3.38. The molecular formula is C16H34N2. The molecule has 0 aromatic rings. The van der Waals surface area contributed by atoms with Gasteiger partial charge in [-0.05, 0) is 36.3 Å². The molecule has 0 aliphatic carbocycles. The summed E-state index contributed by atoms with van der Waals surface area (Å²) in [6.07, 6.45) is 1.37. The molecule has 0 saturated carbocycles. The minimum absolute atomic E-state index is 0.343.